The number of ether oxygens (including phenoxy) is 1. The molecule has 0 aromatic heterocycles. The molecule has 6 heteroatoms. The number of halogens is 3. The van der Waals surface area contributed by atoms with Gasteiger partial charge in [0.2, 0.25) is 5.91 Å². The number of anilines is 1. The van der Waals surface area contributed by atoms with Gasteiger partial charge < -0.3 is 10.1 Å². The molecule has 0 aliphatic carbocycles. The summed E-state index contributed by atoms with van der Waals surface area (Å²) in [6.07, 6.45) is -2.79. The molecule has 1 aromatic rings. The van der Waals surface area contributed by atoms with Gasteiger partial charge in [-0.1, -0.05) is 20.8 Å². The summed E-state index contributed by atoms with van der Waals surface area (Å²) in [7, 11) is 0. The minimum atomic E-state index is -4.46. The second-order valence-electron chi connectivity index (χ2n) is 5.54. The van der Waals surface area contributed by atoms with Crippen molar-refractivity contribution in [2.75, 3.05) is 11.9 Å². The third kappa shape index (κ3) is 5.95. The van der Waals surface area contributed by atoms with Crippen LogP contribution in [0.15, 0.2) is 18.2 Å². The zero-order valence-corrected chi connectivity index (χ0v) is 13.1. The van der Waals surface area contributed by atoms with Crippen LogP contribution in [0.5, 0.6) is 5.75 Å². The Morgan fingerprint density at radius 3 is 2.55 bits per heavy atom. The lowest BCUT2D eigenvalue weighted by Gasteiger charge is -2.15. The maximum Gasteiger partial charge on any atom is 0.416 e. The van der Waals surface area contributed by atoms with Crippen molar-refractivity contribution in [3.8, 4) is 5.75 Å². The van der Waals surface area contributed by atoms with Crippen LogP contribution in [0.1, 0.15) is 45.6 Å². The van der Waals surface area contributed by atoms with Gasteiger partial charge in [0.15, 0.2) is 0 Å². The summed E-state index contributed by atoms with van der Waals surface area (Å²) < 4.78 is 43.8. The zero-order valence-electron chi connectivity index (χ0n) is 13.1. The van der Waals surface area contributed by atoms with E-state index in [0.29, 0.717) is 18.9 Å². The molecule has 0 spiro atoms. The Bertz CT molecular complexity index is 499. The van der Waals surface area contributed by atoms with Crippen molar-refractivity contribution in [3.05, 3.63) is 23.8 Å². The van der Waals surface area contributed by atoms with Crippen LogP contribution in [0.2, 0.25) is 0 Å². The molecule has 0 bridgehead atoms. The number of hydrogen-bond acceptors (Lipinski definition) is 2. The van der Waals surface area contributed by atoms with E-state index in [-0.39, 0.29) is 23.8 Å². The number of carbonyl (C=O) groups is 1. The number of hydrogen-bond donors (Lipinski definition) is 1. The first-order valence-corrected chi connectivity index (χ1v) is 7.38. The highest BCUT2D eigenvalue weighted by atomic mass is 19.4. The molecule has 3 nitrogen and oxygen atoms in total. The molecule has 0 saturated carbocycles. The van der Waals surface area contributed by atoms with E-state index in [9.17, 15) is 18.0 Å². The van der Waals surface area contributed by atoms with E-state index in [0.717, 1.165) is 18.6 Å². The maximum absolute atomic E-state index is 12.8. The van der Waals surface area contributed by atoms with Crippen molar-refractivity contribution in [2.24, 2.45) is 5.92 Å². The number of nitrogens with one attached hydrogen (secondary N) is 1. The maximum atomic E-state index is 12.8. The van der Waals surface area contributed by atoms with Crippen LogP contribution in [0.4, 0.5) is 18.9 Å². The second kappa shape index (κ2) is 8.06. The summed E-state index contributed by atoms with van der Waals surface area (Å²) in [4.78, 5) is 11.9. The molecule has 1 aromatic carbocycles. The quantitative estimate of drug-likeness (QED) is 0.779. The first kappa shape index (κ1) is 18.3. The van der Waals surface area contributed by atoms with Gasteiger partial charge in [-0.3, -0.25) is 4.79 Å². The van der Waals surface area contributed by atoms with E-state index in [1.807, 2.05) is 20.8 Å². The normalized spacial score (nSPS) is 11.6. The predicted octanol–water partition coefficient (Wildman–Crippen LogP) is 4.87. The van der Waals surface area contributed by atoms with E-state index in [1.165, 1.54) is 6.07 Å². The largest absolute Gasteiger partial charge is 0.491 e. The van der Waals surface area contributed by atoms with Crippen LogP contribution >= 0.6 is 0 Å². The summed E-state index contributed by atoms with van der Waals surface area (Å²) in [5, 5.41) is 2.52. The van der Waals surface area contributed by atoms with Crippen molar-refractivity contribution < 1.29 is 22.7 Å². The minimum Gasteiger partial charge on any atom is -0.491 e. The van der Waals surface area contributed by atoms with Gasteiger partial charge in [0.1, 0.15) is 5.75 Å². The highest BCUT2D eigenvalue weighted by Gasteiger charge is 2.31. The minimum absolute atomic E-state index is 0.0667. The van der Waals surface area contributed by atoms with Crippen molar-refractivity contribution in [2.45, 2.75) is 46.2 Å². The number of benzene rings is 1. The summed E-state index contributed by atoms with van der Waals surface area (Å²) in [5.74, 6) is 0.296. The Morgan fingerprint density at radius 2 is 2.00 bits per heavy atom. The molecule has 0 atom stereocenters. The Balaban J connectivity index is 2.93. The van der Waals surface area contributed by atoms with Crippen molar-refractivity contribution in [1.82, 2.24) is 0 Å². The first-order valence-electron chi connectivity index (χ1n) is 7.38. The van der Waals surface area contributed by atoms with E-state index in [1.54, 1.807) is 0 Å². The number of rotatable bonds is 7. The van der Waals surface area contributed by atoms with Gasteiger partial charge in [0, 0.05) is 6.42 Å². The van der Waals surface area contributed by atoms with Gasteiger partial charge in [0.05, 0.1) is 17.9 Å². The summed E-state index contributed by atoms with van der Waals surface area (Å²) >= 11 is 0. The van der Waals surface area contributed by atoms with E-state index < -0.39 is 11.7 Å². The van der Waals surface area contributed by atoms with Crippen LogP contribution in [0.25, 0.3) is 0 Å². The fraction of sp³-hybridized carbons (Fsp3) is 0.562. The van der Waals surface area contributed by atoms with Crippen molar-refractivity contribution >= 4 is 11.6 Å². The Hall–Kier alpha value is -1.72. The molecule has 0 aliphatic heterocycles. The molecule has 22 heavy (non-hydrogen) atoms. The Kier molecular flexibility index (Phi) is 6.71. The summed E-state index contributed by atoms with van der Waals surface area (Å²) in [6, 6.07) is 3.11. The smallest absolute Gasteiger partial charge is 0.416 e. The molecule has 0 aliphatic rings. The molecule has 1 amide bonds. The van der Waals surface area contributed by atoms with Gasteiger partial charge in [-0.25, -0.2) is 0 Å². The highest BCUT2D eigenvalue weighted by Crippen LogP contribution is 2.35. The molecule has 0 unspecified atom stereocenters. The first-order chi connectivity index (χ1) is 10.2. The zero-order chi connectivity index (χ0) is 16.8. The summed E-state index contributed by atoms with van der Waals surface area (Å²) in [5.41, 5.74) is -0.743. The number of amides is 1. The molecule has 0 saturated heterocycles. The van der Waals surface area contributed by atoms with Crippen LogP contribution in [-0.2, 0) is 11.0 Å². The third-order valence-corrected chi connectivity index (χ3v) is 2.99. The predicted molar refractivity (Wildman–Crippen MR) is 79.9 cm³/mol. The fourth-order valence-corrected chi connectivity index (χ4v) is 1.77. The third-order valence-electron chi connectivity index (χ3n) is 2.99. The van der Waals surface area contributed by atoms with Crippen LogP contribution in [0, 0.1) is 5.92 Å². The lowest BCUT2D eigenvalue weighted by Crippen LogP contribution is -2.15. The monoisotopic (exact) mass is 317 g/mol. The van der Waals surface area contributed by atoms with Gasteiger partial charge in [-0.2, -0.15) is 13.2 Å². The summed E-state index contributed by atoms with van der Waals surface area (Å²) in [6.45, 7) is 6.23. The van der Waals surface area contributed by atoms with Crippen molar-refractivity contribution in [3.63, 3.8) is 0 Å². The van der Waals surface area contributed by atoms with E-state index in [4.69, 9.17) is 4.74 Å². The highest BCUT2D eigenvalue weighted by molar-refractivity contribution is 5.92. The average Bonchev–Trinajstić information content (AvgIpc) is 2.42. The molecular formula is C16H22F3NO2. The average molecular weight is 317 g/mol. The number of alkyl halides is 3. The SMILES string of the molecule is CCCOc1ccc(C(F)(F)F)cc1NC(=O)CCC(C)C. The van der Waals surface area contributed by atoms with Crippen LogP contribution in [0.3, 0.4) is 0 Å². The topological polar surface area (TPSA) is 38.3 Å². The standard InChI is InChI=1S/C16H22F3NO2/c1-4-9-22-14-7-6-12(16(17,18)19)10-13(14)20-15(21)8-5-11(2)3/h6-7,10-11H,4-5,8-9H2,1-3H3,(H,20,21). The lowest BCUT2D eigenvalue weighted by molar-refractivity contribution is -0.137. The molecule has 0 fully saturated rings. The molecule has 1 N–H and O–H groups in total. The molecule has 0 heterocycles. The fourth-order valence-electron chi connectivity index (χ4n) is 1.77. The second-order valence-corrected chi connectivity index (χ2v) is 5.54. The van der Waals surface area contributed by atoms with Gasteiger partial charge in [0.25, 0.3) is 0 Å². The lowest BCUT2D eigenvalue weighted by atomic mass is 10.1. The Labute approximate surface area is 128 Å². The van der Waals surface area contributed by atoms with E-state index in [2.05, 4.69) is 5.32 Å². The number of carbonyl (C=O) groups excluding carboxylic acids is 1. The Morgan fingerprint density at radius 1 is 1.32 bits per heavy atom. The molecular weight excluding hydrogens is 295 g/mol. The van der Waals surface area contributed by atoms with Gasteiger partial charge >= 0.3 is 6.18 Å². The van der Waals surface area contributed by atoms with Gasteiger partial charge in [-0.15, -0.1) is 0 Å². The van der Waals surface area contributed by atoms with Crippen molar-refractivity contribution in [1.29, 1.82) is 0 Å². The molecule has 1 rings (SSSR count). The van der Waals surface area contributed by atoms with Crippen LogP contribution < -0.4 is 10.1 Å². The van der Waals surface area contributed by atoms with Gasteiger partial charge in [-0.05, 0) is 37.0 Å². The molecule has 124 valence electrons. The van der Waals surface area contributed by atoms with E-state index >= 15 is 0 Å². The van der Waals surface area contributed by atoms with Crippen LogP contribution in [-0.4, -0.2) is 12.5 Å². The molecule has 0 radical (unpaired) electrons.